The fraction of sp³-hybridized carbons (Fsp3) is 0.476. The standard InChI is InChI=1S/C21H30N2O2/c1-7-23(8-2)14-16-12-15(13-17(19(16)24)21(3,4)5)20(25)18-10-9-11-22(18)6/h9-13,24H,7-8,14H2,1-6H3. The fourth-order valence-corrected chi connectivity index (χ4v) is 3.05. The van der Waals surface area contributed by atoms with Crippen LogP contribution in [0.15, 0.2) is 30.5 Å². The molecule has 0 aliphatic heterocycles. The SMILES string of the molecule is CCN(CC)Cc1cc(C(=O)c2cccn2C)cc(C(C)(C)C)c1O. The summed E-state index contributed by atoms with van der Waals surface area (Å²) in [5.41, 5.74) is 2.67. The predicted octanol–water partition coefficient (Wildman–Crippen LogP) is 4.10. The summed E-state index contributed by atoms with van der Waals surface area (Å²) in [6.45, 7) is 12.8. The smallest absolute Gasteiger partial charge is 0.209 e. The first-order valence-electron chi connectivity index (χ1n) is 8.93. The first-order valence-corrected chi connectivity index (χ1v) is 8.93. The van der Waals surface area contributed by atoms with E-state index < -0.39 is 0 Å². The molecular weight excluding hydrogens is 312 g/mol. The van der Waals surface area contributed by atoms with Crippen LogP contribution in [0.4, 0.5) is 0 Å². The van der Waals surface area contributed by atoms with Gasteiger partial charge in [-0.15, -0.1) is 0 Å². The Kier molecular flexibility index (Phi) is 5.73. The van der Waals surface area contributed by atoms with Crippen LogP contribution in [0, 0.1) is 0 Å². The Balaban J connectivity index is 2.57. The molecule has 0 aliphatic rings. The van der Waals surface area contributed by atoms with Gasteiger partial charge in [0, 0.05) is 36.5 Å². The van der Waals surface area contributed by atoms with Crippen molar-refractivity contribution in [1.29, 1.82) is 0 Å². The van der Waals surface area contributed by atoms with E-state index in [1.165, 1.54) is 0 Å². The van der Waals surface area contributed by atoms with E-state index in [-0.39, 0.29) is 11.2 Å². The van der Waals surface area contributed by atoms with Crippen molar-refractivity contribution >= 4 is 5.78 Å². The number of phenols is 1. The van der Waals surface area contributed by atoms with Crippen molar-refractivity contribution in [3.8, 4) is 5.75 Å². The van der Waals surface area contributed by atoms with Crippen LogP contribution in [-0.2, 0) is 19.0 Å². The molecule has 1 heterocycles. The highest BCUT2D eigenvalue weighted by atomic mass is 16.3. The van der Waals surface area contributed by atoms with E-state index in [0.29, 0.717) is 23.6 Å². The van der Waals surface area contributed by atoms with Crippen molar-refractivity contribution in [2.75, 3.05) is 13.1 Å². The maximum absolute atomic E-state index is 13.0. The topological polar surface area (TPSA) is 45.5 Å². The Hall–Kier alpha value is -2.07. The number of carbonyl (C=O) groups is 1. The number of nitrogens with zero attached hydrogens (tertiary/aromatic N) is 2. The van der Waals surface area contributed by atoms with Crippen LogP contribution >= 0.6 is 0 Å². The molecule has 0 atom stereocenters. The molecule has 136 valence electrons. The second-order valence-corrected chi connectivity index (χ2v) is 7.58. The number of ketones is 1. The number of benzene rings is 1. The average molecular weight is 342 g/mol. The zero-order chi connectivity index (χ0) is 18.8. The van der Waals surface area contributed by atoms with Crippen LogP contribution in [-0.4, -0.2) is 33.4 Å². The lowest BCUT2D eigenvalue weighted by atomic mass is 9.83. The van der Waals surface area contributed by atoms with Crippen LogP contribution in [0.2, 0.25) is 0 Å². The second kappa shape index (κ2) is 7.44. The Morgan fingerprint density at radius 3 is 2.32 bits per heavy atom. The lowest BCUT2D eigenvalue weighted by Crippen LogP contribution is -2.23. The number of aromatic nitrogens is 1. The zero-order valence-corrected chi connectivity index (χ0v) is 16.3. The van der Waals surface area contributed by atoms with Crippen LogP contribution < -0.4 is 0 Å². The molecule has 1 N–H and O–H groups in total. The van der Waals surface area contributed by atoms with Gasteiger partial charge in [-0.1, -0.05) is 34.6 Å². The van der Waals surface area contributed by atoms with Gasteiger partial charge >= 0.3 is 0 Å². The Morgan fingerprint density at radius 1 is 1.20 bits per heavy atom. The summed E-state index contributed by atoms with van der Waals surface area (Å²) in [5, 5.41) is 10.8. The highest BCUT2D eigenvalue weighted by Gasteiger charge is 2.24. The van der Waals surface area contributed by atoms with Crippen molar-refractivity contribution in [3.63, 3.8) is 0 Å². The molecule has 0 radical (unpaired) electrons. The van der Waals surface area contributed by atoms with E-state index in [9.17, 15) is 9.90 Å². The molecule has 1 aromatic carbocycles. The van der Waals surface area contributed by atoms with Crippen LogP contribution in [0.1, 0.15) is 61.8 Å². The first-order chi connectivity index (χ1) is 11.7. The molecule has 0 amide bonds. The highest BCUT2D eigenvalue weighted by Crippen LogP contribution is 2.35. The summed E-state index contributed by atoms with van der Waals surface area (Å²) in [6, 6.07) is 7.39. The monoisotopic (exact) mass is 342 g/mol. The van der Waals surface area contributed by atoms with Crippen LogP contribution in [0.3, 0.4) is 0 Å². The van der Waals surface area contributed by atoms with E-state index in [0.717, 1.165) is 24.2 Å². The molecule has 2 aromatic rings. The van der Waals surface area contributed by atoms with Crippen molar-refractivity contribution in [3.05, 3.63) is 52.8 Å². The van der Waals surface area contributed by atoms with Crippen molar-refractivity contribution in [2.24, 2.45) is 7.05 Å². The van der Waals surface area contributed by atoms with Crippen molar-refractivity contribution < 1.29 is 9.90 Å². The molecule has 0 aliphatic carbocycles. The van der Waals surface area contributed by atoms with Crippen LogP contribution in [0.25, 0.3) is 0 Å². The van der Waals surface area contributed by atoms with Gasteiger partial charge < -0.3 is 9.67 Å². The van der Waals surface area contributed by atoms with E-state index >= 15 is 0 Å². The third-order valence-electron chi connectivity index (χ3n) is 4.72. The normalized spacial score (nSPS) is 12.0. The third kappa shape index (κ3) is 4.13. The number of phenolic OH excluding ortho intramolecular Hbond substituents is 1. The predicted molar refractivity (Wildman–Crippen MR) is 102 cm³/mol. The molecule has 4 nitrogen and oxygen atoms in total. The lowest BCUT2D eigenvalue weighted by Gasteiger charge is -2.25. The molecule has 0 spiro atoms. The van der Waals surface area contributed by atoms with E-state index in [2.05, 4.69) is 39.5 Å². The highest BCUT2D eigenvalue weighted by molar-refractivity contribution is 6.08. The maximum Gasteiger partial charge on any atom is 0.209 e. The Bertz CT molecular complexity index is 750. The third-order valence-corrected chi connectivity index (χ3v) is 4.72. The second-order valence-electron chi connectivity index (χ2n) is 7.58. The summed E-state index contributed by atoms with van der Waals surface area (Å²) in [5.74, 6) is 0.293. The Labute approximate surface area is 151 Å². The fourth-order valence-electron chi connectivity index (χ4n) is 3.05. The lowest BCUT2D eigenvalue weighted by molar-refractivity contribution is 0.103. The molecule has 2 rings (SSSR count). The Morgan fingerprint density at radius 2 is 1.84 bits per heavy atom. The molecule has 0 fully saturated rings. The summed E-state index contributed by atoms with van der Waals surface area (Å²) in [6.07, 6.45) is 1.87. The quantitative estimate of drug-likeness (QED) is 0.804. The van der Waals surface area contributed by atoms with Crippen molar-refractivity contribution in [2.45, 2.75) is 46.6 Å². The van der Waals surface area contributed by atoms with E-state index in [4.69, 9.17) is 0 Å². The molecule has 0 saturated heterocycles. The van der Waals surface area contributed by atoms with E-state index in [1.54, 1.807) is 0 Å². The minimum absolute atomic E-state index is 0.0150. The van der Waals surface area contributed by atoms with Gasteiger partial charge in [0.05, 0.1) is 5.69 Å². The van der Waals surface area contributed by atoms with Gasteiger partial charge in [-0.05, 0) is 42.8 Å². The summed E-state index contributed by atoms with van der Waals surface area (Å²) in [7, 11) is 1.87. The van der Waals surface area contributed by atoms with E-state index in [1.807, 2.05) is 42.1 Å². The number of rotatable bonds is 6. The molecule has 1 aromatic heterocycles. The summed E-state index contributed by atoms with van der Waals surface area (Å²) >= 11 is 0. The molecule has 0 unspecified atom stereocenters. The number of carbonyl (C=O) groups excluding carboxylic acids is 1. The molecule has 0 saturated carbocycles. The van der Waals surface area contributed by atoms with Gasteiger partial charge in [0.1, 0.15) is 5.75 Å². The molecule has 25 heavy (non-hydrogen) atoms. The first kappa shape index (κ1) is 19.3. The van der Waals surface area contributed by atoms with Gasteiger partial charge in [-0.25, -0.2) is 0 Å². The largest absolute Gasteiger partial charge is 0.507 e. The van der Waals surface area contributed by atoms with Crippen molar-refractivity contribution in [1.82, 2.24) is 9.47 Å². The summed E-state index contributed by atoms with van der Waals surface area (Å²) < 4.78 is 1.83. The number of hydrogen-bond acceptors (Lipinski definition) is 3. The molecule has 4 heteroatoms. The minimum Gasteiger partial charge on any atom is -0.507 e. The number of aryl methyl sites for hydroxylation is 1. The van der Waals surface area contributed by atoms with Crippen LogP contribution in [0.5, 0.6) is 5.75 Å². The van der Waals surface area contributed by atoms with Gasteiger partial charge in [0.2, 0.25) is 5.78 Å². The van der Waals surface area contributed by atoms with Gasteiger partial charge in [-0.3, -0.25) is 9.69 Å². The van der Waals surface area contributed by atoms with Gasteiger partial charge in [0.15, 0.2) is 0 Å². The van der Waals surface area contributed by atoms with Gasteiger partial charge in [0.25, 0.3) is 0 Å². The zero-order valence-electron chi connectivity index (χ0n) is 16.3. The maximum atomic E-state index is 13.0. The minimum atomic E-state index is -0.243. The number of aromatic hydroxyl groups is 1. The molecular formula is C21H30N2O2. The number of hydrogen-bond donors (Lipinski definition) is 1. The average Bonchev–Trinajstić information content (AvgIpc) is 2.98. The molecule has 0 bridgehead atoms. The summed E-state index contributed by atoms with van der Waals surface area (Å²) in [4.78, 5) is 15.2. The van der Waals surface area contributed by atoms with Gasteiger partial charge in [-0.2, -0.15) is 0 Å².